The lowest BCUT2D eigenvalue weighted by molar-refractivity contribution is 0.112. The molecule has 0 bridgehead atoms. The highest BCUT2D eigenvalue weighted by Crippen LogP contribution is 2.17. The van der Waals surface area contributed by atoms with Crippen molar-refractivity contribution in [2.24, 2.45) is 0 Å². The fraction of sp³-hybridized carbons (Fsp3) is 0.353. The lowest BCUT2D eigenvalue weighted by Gasteiger charge is -2.12. The molecule has 0 saturated carbocycles. The van der Waals surface area contributed by atoms with E-state index in [1.54, 1.807) is 0 Å². The third-order valence-corrected chi connectivity index (χ3v) is 3.80. The quantitative estimate of drug-likeness (QED) is 0.778. The average Bonchev–Trinajstić information content (AvgIpc) is 2.70. The summed E-state index contributed by atoms with van der Waals surface area (Å²) >= 11 is 0. The molecule has 0 fully saturated rings. The maximum atomic E-state index is 10.9. The van der Waals surface area contributed by atoms with Crippen LogP contribution >= 0.6 is 0 Å². The van der Waals surface area contributed by atoms with Gasteiger partial charge in [0.1, 0.15) is 12.4 Å². The molecule has 0 N–H and O–H groups in total. The molecule has 106 valence electrons. The maximum Gasteiger partial charge on any atom is 0.151 e. The van der Waals surface area contributed by atoms with E-state index >= 15 is 0 Å². The van der Waals surface area contributed by atoms with Crippen molar-refractivity contribution in [2.75, 3.05) is 6.61 Å². The first-order valence-electron chi connectivity index (χ1n) is 6.85. The molecule has 2 aromatic rings. The molecular weight excluding hydrogens is 250 g/mol. The Hall–Kier alpha value is -2.03. The lowest BCUT2D eigenvalue weighted by atomic mass is 10.1. The number of aryl methyl sites for hydroxylation is 3. The zero-order valence-corrected chi connectivity index (χ0v) is 12.6. The number of hydrogen-bond donors (Lipinski definition) is 0. The number of benzene rings is 1. The van der Waals surface area contributed by atoms with Crippen LogP contribution in [0.4, 0.5) is 0 Å². The minimum absolute atomic E-state index is 0.594. The summed E-state index contributed by atoms with van der Waals surface area (Å²) in [6, 6.07) is 8.04. The van der Waals surface area contributed by atoms with Crippen LogP contribution in [-0.4, -0.2) is 17.5 Å². The van der Waals surface area contributed by atoms with Gasteiger partial charge in [0.2, 0.25) is 0 Å². The van der Waals surface area contributed by atoms with Crippen LogP contribution in [-0.2, 0) is 6.54 Å². The predicted octanol–water partition coefficient (Wildman–Crippen LogP) is 3.61. The van der Waals surface area contributed by atoms with Crippen LogP contribution in [0.1, 0.15) is 32.9 Å². The number of carbonyl (C=O) groups excluding carboxylic acids is 1. The molecule has 1 aromatic carbocycles. The van der Waals surface area contributed by atoms with E-state index < -0.39 is 0 Å². The summed E-state index contributed by atoms with van der Waals surface area (Å²) in [6.07, 6.45) is 0.906. The normalized spacial score (nSPS) is 10.6. The minimum atomic E-state index is 0.594. The second-order valence-corrected chi connectivity index (χ2v) is 5.19. The van der Waals surface area contributed by atoms with E-state index in [4.69, 9.17) is 4.74 Å². The smallest absolute Gasteiger partial charge is 0.151 e. The SMILES string of the molecule is Cc1ccc(OCCn2c(C)cc(C=O)c2C)cc1C. The van der Waals surface area contributed by atoms with Gasteiger partial charge in [-0.05, 0) is 57.0 Å². The van der Waals surface area contributed by atoms with E-state index in [1.807, 2.05) is 26.0 Å². The fourth-order valence-corrected chi connectivity index (χ4v) is 2.35. The molecule has 0 spiro atoms. The summed E-state index contributed by atoms with van der Waals surface area (Å²) in [6.45, 7) is 9.49. The fourth-order valence-electron chi connectivity index (χ4n) is 2.35. The Kier molecular flexibility index (Phi) is 4.28. The van der Waals surface area contributed by atoms with Crippen LogP contribution in [0.3, 0.4) is 0 Å². The molecule has 3 nitrogen and oxygen atoms in total. The summed E-state index contributed by atoms with van der Waals surface area (Å²) in [5.74, 6) is 0.895. The molecule has 3 heteroatoms. The Balaban J connectivity index is 2.01. The third-order valence-electron chi connectivity index (χ3n) is 3.80. The Morgan fingerprint density at radius 1 is 1.10 bits per heavy atom. The molecular formula is C17H21NO2. The molecule has 2 rings (SSSR count). The van der Waals surface area contributed by atoms with Gasteiger partial charge in [-0.2, -0.15) is 0 Å². The summed E-state index contributed by atoms with van der Waals surface area (Å²) in [7, 11) is 0. The second-order valence-electron chi connectivity index (χ2n) is 5.19. The van der Waals surface area contributed by atoms with Gasteiger partial charge in [0, 0.05) is 17.0 Å². The van der Waals surface area contributed by atoms with Crippen molar-refractivity contribution in [3.63, 3.8) is 0 Å². The van der Waals surface area contributed by atoms with Gasteiger partial charge < -0.3 is 9.30 Å². The topological polar surface area (TPSA) is 31.2 Å². The number of nitrogens with zero attached hydrogens (tertiary/aromatic N) is 1. The molecule has 0 amide bonds. The van der Waals surface area contributed by atoms with Gasteiger partial charge in [0.25, 0.3) is 0 Å². The van der Waals surface area contributed by atoms with Crippen molar-refractivity contribution >= 4 is 6.29 Å². The highest BCUT2D eigenvalue weighted by molar-refractivity contribution is 5.77. The minimum Gasteiger partial charge on any atom is -0.492 e. The molecule has 1 aromatic heterocycles. The predicted molar refractivity (Wildman–Crippen MR) is 80.7 cm³/mol. The largest absolute Gasteiger partial charge is 0.492 e. The highest BCUT2D eigenvalue weighted by atomic mass is 16.5. The number of aromatic nitrogens is 1. The first-order chi connectivity index (χ1) is 9.52. The molecule has 0 atom stereocenters. The molecule has 20 heavy (non-hydrogen) atoms. The number of carbonyl (C=O) groups is 1. The van der Waals surface area contributed by atoms with E-state index in [0.29, 0.717) is 6.61 Å². The van der Waals surface area contributed by atoms with Crippen molar-refractivity contribution in [1.29, 1.82) is 0 Å². The molecule has 0 radical (unpaired) electrons. The van der Waals surface area contributed by atoms with Crippen LogP contribution < -0.4 is 4.74 Å². The van der Waals surface area contributed by atoms with Gasteiger partial charge in [-0.1, -0.05) is 6.07 Å². The van der Waals surface area contributed by atoms with E-state index in [0.717, 1.165) is 35.5 Å². The number of ether oxygens (including phenoxy) is 1. The van der Waals surface area contributed by atoms with E-state index in [-0.39, 0.29) is 0 Å². The van der Waals surface area contributed by atoms with Crippen LogP contribution in [0.2, 0.25) is 0 Å². The van der Waals surface area contributed by atoms with E-state index in [9.17, 15) is 4.79 Å². The molecule has 0 saturated heterocycles. The highest BCUT2D eigenvalue weighted by Gasteiger charge is 2.08. The first-order valence-corrected chi connectivity index (χ1v) is 6.85. The Morgan fingerprint density at radius 2 is 1.85 bits per heavy atom. The lowest BCUT2D eigenvalue weighted by Crippen LogP contribution is -2.11. The van der Waals surface area contributed by atoms with Crippen LogP contribution in [0.15, 0.2) is 24.3 Å². The van der Waals surface area contributed by atoms with Gasteiger partial charge in [-0.3, -0.25) is 4.79 Å². The van der Waals surface area contributed by atoms with Crippen LogP contribution in [0, 0.1) is 27.7 Å². The third kappa shape index (κ3) is 2.93. The second kappa shape index (κ2) is 5.95. The van der Waals surface area contributed by atoms with Crippen molar-refractivity contribution in [3.8, 4) is 5.75 Å². The van der Waals surface area contributed by atoms with Crippen molar-refractivity contribution in [1.82, 2.24) is 4.57 Å². The molecule has 0 aliphatic rings. The summed E-state index contributed by atoms with van der Waals surface area (Å²) < 4.78 is 7.91. The van der Waals surface area contributed by atoms with Gasteiger partial charge >= 0.3 is 0 Å². The van der Waals surface area contributed by atoms with Gasteiger partial charge in [-0.25, -0.2) is 0 Å². The first kappa shape index (κ1) is 14.4. The summed E-state index contributed by atoms with van der Waals surface area (Å²) in [5.41, 5.74) is 5.35. The summed E-state index contributed by atoms with van der Waals surface area (Å²) in [5, 5.41) is 0. The van der Waals surface area contributed by atoms with Crippen LogP contribution in [0.5, 0.6) is 5.75 Å². The van der Waals surface area contributed by atoms with Crippen molar-refractivity contribution in [2.45, 2.75) is 34.2 Å². The number of rotatable bonds is 5. The average molecular weight is 271 g/mol. The van der Waals surface area contributed by atoms with Crippen molar-refractivity contribution < 1.29 is 9.53 Å². The molecule has 0 unspecified atom stereocenters. The van der Waals surface area contributed by atoms with Crippen LogP contribution in [0.25, 0.3) is 0 Å². The maximum absolute atomic E-state index is 10.9. The number of aldehydes is 1. The van der Waals surface area contributed by atoms with Crippen molar-refractivity contribution in [3.05, 3.63) is 52.3 Å². The van der Waals surface area contributed by atoms with E-state index in [2.05, 4.69) is 30.5 Å². The van der Waals surface area contributed by atoms with Gasteiger partial charge in [-0.15, -0.1) is 0 Å². The Labute approximate surface area is 120 Å². The zero-order chi connectivity index (χ0) is 14.7. The monoisotopic (exact) mass is 271 g/mol. The molecule has 0 aliphatic heterocycles. The molecule has 0 aliphatic carbocycles. The summed E-state index contributed by atoms with van der Waals surface area (Å²) in [4.78, 5) is 10.9. The number of hydrogen-bond acceptors (Lipinski definition) is 2. The standard InChI is InChI=1S/C17H21NO2/c1-12-5-6-17(9-13(12)2)20-8-7-18-14(3)10-16(11-19)15(18)4/h5-6,9-11H,7-8H2,1-4H3. The van der Waals surface area contributed by atoms with Gasteiger partial charge in [0.05, 0.1) is 6.54 Å². The zero-order valence-electron chi connectivity index (χ0n) is 12.6. The Morgan fingerprint density at radius 3 is 2.45 bits per heavy atom. The Bertz CT molecular complexity index is 626. The van der Waals surface area contributed by atoms with E-state index in [1.165, 1.54) is 11.1 Å². The molecule has 1 heterocycles. The van der Waals surface area contributed by atoms with Gasteiger partial charge in [0.15, 0.2) is 6.29 Å².